The van der Waals surface area contributed by atoms with Crippen LogP contribution in [0.1, 0.15) is 28.4 Å². The summed E-state index contributed by atoms with van der Waals surface area (Å²) in [5.41, 5.74) is 4.42. The second kappa shape index (κ2) is 4.72. The Balaban J connectivity index is 2.17. The minimum atomic E-state index is -0.459. The van der Waals surface area contributed by atoms with E-state index in [1.807, 2.05) is 32.3 Å². The molecule has 1 atom stereocenters. The average Bonchev–Trinajstić information content (AvgIpc) is 2.63. The zero-order chi connectivity index (χ0) is 12.4. The summed E-state index contributed by atoms with van der Waals surface area (Å²) in [6.07, 6.45) is 3.89. The van der Waals surface area contributed by atoms with Crippen molar-refractivity contribution in [1.29, 1.82) is 0 Å². The molecule has 3 heteroatoms. The summed E-state index contributed by atoms with van der Waals surface area (Å²) in [7, 11) is 1.88. The van der Waals surface area contributed by atoms with E-state index in [9.17, 15) is 5.11 Å². The Kier molecular flexibility index (Phi) is 3.29. The number of benzene rings is 1. The van der Waals surface area contributed by atoms with Crippen LogP contribution in [0.5, 0.6) is 0 Å². The zero-order valence-corrected chi connectivity index (χ0v) is 10.5. The number of nitrogens with zero attached hydrogens (tertiary/aromatic N) is 2. The van der Waals surface area contributed by atoms with Crippen LogP contribution in [0, 0.1) is 13.8 Å². The van der Waals surface area contributed by atoms with Crippen molar-refractivity contribution in [1.82, 2.24) is 9.78 Å². The van der Waals surface area contributed by atoms with Crippen LogP contribution in [0.3, 0.4) is 0 Å². The van der Waals surface area contributed by atoms with Crippen LogP contribution in [0.4, 0.5) is 0 Å². The van der Waals surface area contributed by atoms with Gasteiger partial charge in [0, 0.05) is 19.7 Å². The van der Waals surface area contributed by atoms with Crippen molar-refractivity contribution in [2.45, 2.75) is 26.4 Å². The topological polar surface area (TPSA) is 38.1 Å². The molecule has 0 saturated heterocycles. The van der Waals surface area contributed by atoms with Crippen LogP contribution in [-0.4, -0.2) is 14.9 Å². The van der Waals surface area contributed by atoms with Crippen molar-refractivity contribution >= 4 is 0 Å². The van der Waals surface area contributed by atoms with E-state index >= 15 is 0 Å². The molecule has 0 aliphatic rings. The highest BCUT2D eigenvalue weighted by atomic mass is 16.3. The van der Waals surface area contributed by atoms with E-state index in [4.69, 9.17) is 0 Å². The van der Waals surface area contributed by atoms with Crippen molar-refractivity contribution in [3.05, 3.63) is 52.8 Å². The highest BCUT2D eigenvalue weighted by Gasteiger charge is 2.12. The second-order valence-electron chi connectivity index (χ2n) is 4.60. The van der Waals surface area contributed by atoms with Gasteiger partial charge in [0.1, 0.15) is 0 Å². The first-order chi connectivity index (χ1) is 8.06. The molecule has 90 valence electrons. The maximum atomic E-state index is 10.2. The van der Waals surface area contributed by atoms with E-state index in [-0.39, 0.29) is 0 Å². The van der Waals surface area contributed by atoms with Crippen LogP contribution in [0.15, 0.2) is 30.6 Å². The summed E-state index contributed by atoms with van der Waals surface area (Å²) in [6.45, 7) is 4.10. The Hall–Kier alpha value is -1.61. The number of aromatic nitrogens is 2. The molecule has 1 aromatic carbocycles. The molecule has 1 unspecified atom stereocenters. The van der Waals surface area contributed by atoms with Crippen molar-refractivity contribution in [3.63, 3.8) is 0 Å². The third kappa shape index (κ3) is 2.74. The number of aliphatic hydroxyl groups excluding tert-OH is 1. The molecule has 1 aromatic heterocycles. The lowest BCUT2D eigenvalue weighted by molar-refractivity contribution is 0.177. The zero-order valence-electron chi connectivity index (χ0n) is 10.5. The van der Waals surface area contributed by atoms with Gasteiger partial charge in [-0.05, 0) is 30.5 Å². The molecule has 3 nitrogen and oxygen atoms in total. The third-order valence-electron chi connectivity index (χ3n) is 2.97. The van der Waals surface area contributed by atoms with Gasteiger partial charge in [0.05, 0.1) is 12.3 Å². The van der Waals surface area contributed by atoms with Crippen molar-refractivity contribution in [2.24, 2.45) is 7.05 Å². The molecule has 0 aliphatic carbocycles. The second-order valence-corrected chi connectivity index (χ2v) is 4.60. The van der Waals surface area contributed by atoms with Crippen molar-refractivity contribution < 1.29 is 5.11 Å². The van der Waals surface area contributed by atoms with Crippen LogP contribution >= 0.6 is 0 Å². The van der Waals surface area contributed by atoms with Gasteiger partial charge in [0.2, 0.25) is 0 Å². The summed E-state index contributed by atoms with van der Waals surface area (Å²) < 4.78 is 1.75. The number of rotatable bonds is 3. The average molecular weight is 230 g/mol. The van der Waals surface area contributed by atoms with E-state index < -0.39 is 6.10 Å². The molecular weight excluding hydrogens is 212 g/mol. The van der Waals surface area contributed by atoms with Gasteiger partial charge in [-0.15, -0.1) is 0 Å². The van der Waals surface area contributed by atoms with Gasteiger partial charge in [0.25, 0.3) is 0 Å². The summed E-state index contributed by atoms with van der Waals surface area (Å²) in [5, 5.41) is 14.3. The van der Waals surface area contributed by atoms with Crippen LogP contribution in [-0.2, 0) is 13.5 Å². The first kappa shape index (κ1) is 11.9. The Morgan fingerprint density at radius 3 is 2.71 bits per heavy atom. The van der Waals surface area contributed by atoms with E-state index in [2.05, 4.69) is 18.1 Å². The highest BCUT2D eigenvalue weighted by Crippen LogP contribution is 2.22. The predicted octanol–water partition coefficient (Wildman–Crippen LogP) is 2.31. The molecule has 2 aromatic rings. The Labute approximate surface area is 102 Å². The number of hydrogen-bond acceptors (Lipinski definition) is 2. The molecule has 0 bridgehead atoms. The Bertz CT molecular complexity index is 517. The maximum Gasteiger partial charge on any atom is 0.0834 e. The van der Waals surface area contributed by atoms with E-state index in [0.717, 1.165) is 16.7 Å². The SMILES string of the molecule is Cc1ccc(C(O)Cc2cnn(C)c2)c(C)c1. The number of aryl methyl sites for hydroxylation is 3. The molecule has 2 rings (SSSR count). The molecule has 1 N–H and O–H groups in total. The van der Waals surface area contributed by atoms with Gasteiger partial charge in [-0.2, -0.15) is 5.10 Å². The van der Waals surface area contributed by atoms with Gasteiger partial charge in [0.15, 0.2) is 0 Å². The standard InChI is InChI=1S/C14H18N2O/c1-10-4-5-13(11(2)6-10)14(17)7-12-8-15-16(3)9-12/h4-6,8-9,14,17H,7H2,1-3H3. The summed E-state index contributed by atoms with van der Waals surface area (Å²) in [6, 6.07) is 6.14. The molecular formula is C14H18N2O. The lowest BCUT2D eigenvalue weighted by Gasteiger charge is -2.13. The fourth-order valence-corrected chi connectivity index (χ4v) is 2.11. The lowest BCUT2D eigenvalue weighted by atomic mass is 9.97. The normalized spacial score (nSPS) is 12.7. The first-order valence-electron chi connectivity index (χ1n) is 5.79. The molecule has 1 heterocycles. The molecule has 0 radical (unpaired) electrons. The fourth-order valence-electron chi connectivity index (χ4n) is 2.11. The summed E-state index contributed by atoms with van der Waals surface area (Å²) in [5.74, 6) is 0. The van der Waals surface area contributed by atoms with Gasteiger partial charge in [-0.1, -0.05) is 23.8 Å². The smallest absolute Gasteiger partial charge is 0.0834 e. The largest absolute Gasteiger partial charge is 0.388 e. The molecule has 0 spiro atoms. The van der Waals surface area contributed by atoms with Gasteiger partial charge >= 0.3 is 0 Å². The van der Waals surface area contributed by atoms with E-state index in [1.165, 1.54) is 5.56 Å². The Morgan fingerprint density at radius 1 is 1.35 bits per heavy atom. The molecule has 0 fully saturated rings. The first-order valence-corrected chi connectivity index (χ1v) is 5.79. The maximum absolute atomic E-state index is 10.2. The lowest BCUT2D eigenvalue weighted by Crippen LogP contribution is -2.03. The molecule has 0 saturated carbocycles. The van der Waals surface area contributed by atoms with Crippen LogP contribution < -0.4 is 0 Å². The van der Waals surface area contributed by atoms with E-state index in [1.54, 1.807) is 10.9 Å². The van der Waals surface area contributed by atoms with Crippen molar-refractivity contribution in [3.8, 4) is 0 Å². The monoisotopic (exact) mass is 230 g/mol. The number of aliphatic hydroxyl groups is 1. The summed E-state index contributed by atoms with van der Waals surface area (Å²) >= 11 is 0. The van der Waals surface area contributed by atoms with Gasteiger partial charge in [-0.25, -0.2) is 0 Å². The molecule has 17 heavy (non-hydrogen) atoms. The molecule has 0 aliphatic heterocycles. The third-order valence-corrected chi connectivity index (χ3v) is 2.97. The highest BCUT2D eigenvalue weighted by molar-refractivity contribution is 5.32. The number of hydrogen-bond donors (Lipinski definition) is 1. The summed E-state index contributed by atoms with van der Waals surface area (Å²) in [4.78, 5) is 0. The fraction of sp³-hybridized carbons (Fsp3) is 0.357. The minimum Gasteiger partial charge on any atom is -0.388 e. The predicted molar refractivity (Wildman–Crippen MR) is 67.8 cm³/mol. The Morgan fingerprint density at radius 2 is 2.12 bits per heavy atom. The van der Waals surface area contributed by atoms with Crippen molar-refractivity contribution in [2.75, 3.05) is 0 Å². The molecule has 0 amide bonds. The van der Waals surface area contributed by atoms with Crippen LogP contribution in [0.25, 0.3) is 0 Å². The van der Waals surface area contributed by atoms with E-state index in [0.29, 0.717) is 6.42 Å². The quantitative estimate of drug-likeness (QED) is 0.878. The minimum absolute atomic E-state index is 0.459. The van der Waals surface area contributed by atoms with Crippen LogP contribution in [0.2, 0.25) is 0 Å². The van der Waals surface area contributed by atoms with Gasteiger partial charge < -0.3 is 5.11 Å². The van der Waals surface area contributed by atoms with Gasteiger partial charge in [-0.3, -0.25) is 4.68 Å².